The number of tetrazole rings is 1. The van der Waals surface area contributed by atoms with Crippen LogP contribution in [0.5, 0.6) is 0 Å². The molecular formula is C19H22N6OS. The lowest BCUT2D eigenvalue weighted by atomic mass is 10.3. The largest absolute Gasteiger partial charge is 0.375 e. The van der Waals surface area contributed by atoms with E-state index in [2.05, 4.69) is 44.9 Å². The topological polar surface area (TPSA) is 75.9 Å². The molecule has 140 valence electrons. The average molecular weight is 382 g/mol. The molecule has 27 heavy (non-hydrogen) atoms. The number of amides is 1. The Morgan fingerprint density at radius 1 is 1.11 bits per heavy atom. The van der Waals surface area contributed by atoms with Crippen LogP contribution in [0.4, 0.5) is 5.69 Å². The third-order valence-corrected chi connectivity index (χ3v) is 4.88. The zero-order chi connectivity index (χ0) is 18.9. The lowest BCUT2D eigenvalue weighted by Gasteiger charge is -2.19. The van der Waals surface area contributed by atoms with E-state index in [-0.39, 0.29) is 11.7 Å². The molecule has 0 unspecified atom stereocenters. The van der Waals surface area contributed by atoms with E-state index in [9.17, 15) is 4.79 Å². The Bertz CT molecular complexity index is 840. The minimum absolute atomic E-state index is 0.0232. The number of carbonyl (C=O) groups excluding carboxylic acids is 1. The summed E-state index contributed by atoms with van der Waals surface area (Å²) in [4.78, 5) is 14.3. The summed E-state index contributed by atoms with van der Waals surface area (Å²) in [7, 11) is 2.05. The fourth-order valence-corrected chi connectivity index (χ4v) is 3.26. The van der Waals surface area contributed by atoms with Crippen molar-refractivity contribution in [3.8, 4) is 5.69 Å². The predicted octanol–water partition coefficient (Wildman–Crippen LogP) is 2.40. The summed E-state index contributed by atoms with van der Waals surface area (Å²) in [6, 6.07) is 19.8. The Morgan fingerprint density at radius 2 is 1.81 bits per heavy atom. The quantitative estimate of drug-likeness (QED) is 0.452. The lowest BCUT2D eigenvalue weighted by Crippen LogP contribution is -2.29. The van der Waals surface area contributed by atoms with Crippen LogP contribution in [0.1, 0.15) is 6.42 Å². The maximum absolute atomic E-state index is 12.1. The van der Waals surface area contributed by atoms with Gasteiger partial charge in [0.2, 0.25) is 11.1 Å². The van der Waals surface area contributed by atoms with Gasteiger partial charge in [-0.1, -0.05) is 48.2 Å². The molecule has 1 aromatic heterocycles. The summed E-state index contributed by atoms with van der Waals surface area (Å²) in [6.45, 7) is 1.52. The molecule has 8 heteroatoms. The van der Waals surface area contributed by atoms with E-state index in [1.807, 2.05) is 48.5 Å². The SMILES string of the molecule is CN(CCCNC(=O)CSc1nnnn1-c1ccccc1)c1ccccc1. The number of aromatic nitrogens is 4. The van der Waals surface area contributed by atoms with E-state index in [1.165, 1.54) is 17.4 Å². The van der Waals surface area contributed by atoms with Crippen LogP contribution >= 0.6 is 11.8 Å². The molecule has 1 N–H and O–H groups in total. The minimum atomic E-state index is -0.0232. The van der Waals surface area contributed by atoms with Crippen LogP contribution < -0.4 is 10.2 Å². The fraction of sp³-hybridized carbons (Fsp3) is 0.263. The molecule has 0 radical (unpaired) electrons. The third kappa shape index (κ3) is 5.55. The number of anilines is 1. The number of hydrogen-bond donors (Lipinski definition) is 1. The number of para-hydroxylation sites is 2. The predicted molar refractivity (Wildman–Crippen MR) is 107 cm³/mol. The molecule has 0 saturated heterocycles. The Hall–Kier alpha value is -2.87. The van der Waals surface area contributed by atoms with Crippen molar-refractivity contribution in [1.29, 1.82) is 0 Å². The summed E-state index contributed by atoms with van der Waals surface area (Å²) >= 11 is 1.32. The van der Waals surface area contributed by atoms with Crippen LogP contribution in [-0.4, -0.2) is 52.0 Å². The monoisotopic (exact) mass is 382 g/mol. The second-order valence-corrected chi connectivity index (χ2v) is 6.90. The number of nitrogens with zero attached hydrogens (tertiary/aromatic N) is 5. The van der Waals surface area contributed by atoms with Crippen molar-refractivity contribution in [2.75, 3.05) is 30.8 Å². The van der Waals surface area contributed by atoms with Crippen LogP contribution in [0, 0.1) is 0 Å². The van der Waals surface area contributed by atoms with Crippen LogP contribution in [0.15, 0.2) is 65.8 Å². The van der Waals surface area contributed by atoms with Crippen molar-refractivity contribution in [1.82, 2.24) is 25.5 Å². The second kappa shape index (κ2) is 9.72. The zero-order valence-electron chi connectivity index (χ0n) is 15.2. The lowest BCUT2D eigenvalue weighted by molar-refractivity contribution is -0.118. The highest BCUT2D eigenvalue weighted by atomic mass is 32.2. The average Bonchev–Trinajstić information content (AvgIpc) is 3.19. The second-order valence-electron chi connectivity index (χ2n) is 5.96. The zero-order valence-corrected chi connectivity index (χ0v) is 16.0. The molecule has 1 amide bonds. The first-order valence-corrected chi connectivity index (χ1v) is 9.72. The van der Waals surface area contributed by atoms with Gasteiger partial charge in [-0.25, -0.2) is 0 Å². The highest BCUT2D eigenvalue weighted by Gasteiger charge is 2.11. The molecule has 3 aromatic rings. The van der Waals surface area contributed by atoms with E-state index in [1.54, 1.807) is 4.68 Å². The van der Waals surface area contributed by atoms with E-state index in [4.69, 9.17) is 0 Å². The van der Waals surface area contributed by atoms with Crippen LogP contribution in [0.2, 0.25) is 0 Å². The highest BCUT2D eigenvalue weighted by Crippen LogP contribution is 2.17. The van der Waals surface area contributed by atoms with Gasteiger partial charge in [-0.2, -0.15) is 4.68 Å². The molecule has 7 nitrogen and oxygen atoms in total. The Morgan fingerprint density at radius 3 is 2.56 bits per heavy atom. The number of rotatable bonds is 9. The number of nitrogens with one attached hydrogen (secondary N) is 1. The van der Waals surface area contributed by atoms with Gasteiger partial charge in [0, 0.05) is 25.8 Å². The number of carbonyl (C=O) groups is 1. The molecule has 2 aromatic carbocycles. The van der Waals surface area contributed by atoms with Crippen molar-refractivity contribution >= 4 is 23.4 Å². The standard InChI is InChI=1S/C19H22N6OS/c1-24(16-9-4-2-5-10-16)14-8-13-20-18(26)15-27-19-21-22-23-25(19)17-11-6-3-7-12-17/h2-7,9-12H,8,13-15H2,1H3,(H,20,26). The first-order chi connectivity index (χ1) is 13.2. The van der Waals surface area contributed by atoms with Gasteiger partial charge in [-0.3, -0.25) is 4.79 Å². The van der Waals surface area contributed by atoms with Gasteiger partial charge < -0.3 is 10.2 Å². The molecule has 0 aliphatic rings. The molecule has 0 fully saturated rings. The molecule has 0 saturated carbocycles. The van der Waals surface area contributed by atoms with E-state index in [0.29, 0.717) is 11.7 Å². The fourth-order valence-electron chi connectivity index (χ4n) is 2.54. The summed E-state index contributed by atoms with van der Waals surface area (Å²) < 4.78 is 1.63. The summed E-state index contributed by atoms with van der Waals surface area (Å²) in [6.07, 6.45) is 0.879. The Kier molecular flexibility index (Phi) is 6.81. The van der Waals surface area contributed by atoms with Crippen molar-refractivity contribution in [3.63, 3.8) is 0 Å². The van der Waals surface area contributed by atoms with Crippen molar-refractivity contribution < 1.29 is 4.79 Å². The molecule has 0 aliphatic heterocycles. The maximum Gasteiger partial charge on any atom is 0.230 e. The maximum atomic E-state index is 12.1. The van der Waals surface area contributed by atoms with Gasteiger partial charge in [-0.15, -0.1) is 5.10 Å². The van der Waals surface area contributed by atoms with E-state index in [0.717, 1.165) is 18.7 Å². The molecule has 0 aliphatic carbocycles. The molecule has 1 heterocycles. The molecule has 0 atom stereocenters. The highest BCUT2D eigenvalue weighted by molar-refractivity contribution is 7.99. The van der Waals surface area contributed by atoms with Crippen LogP contribution in [0.25, 0.3) is 5.69 Å². The van der Waals surface area contributed by atoms with Crippen LogP contribution in [-0.2, 0) is 4.79 Å². The number of thioether (sulfide) groups is 1. The van der Waals surface area contributed by atoms with Gasteiger partial charge in [0.05, 0.1) is 11.4 Å². The molecule has 0 spiro atoms. The van der Waals surface area contributed by atoms with Crippen molar-refractivity contribution in [2.45, 2.75) is 11.6 Å². The minimum Gasteiger partial charge on any atom is -0.375 e. The van der Waals surface area contributed by atoms with Gasteiger partial charge in [0.15, 0.2) is 0 Å². The van der Waals surface area contributed by atoms with Crippen molar-refractivity contribution in [2.24, 2.45) is 0 Å². The van der Waals surface area contributed by atoms with Gasteiger partial charge in [0.25, 0.3) is 0 Å². The third-order valence-electron chi connectivity index (χ3n) is 3.96. The van der Waals surface area contributed by atoms with Crippen molar-refractivity contribution in [3.05, 3.63) is 60.7 Å². The summed E-state index contributed by atoms with van der Waals surface area (Å²) in [5, 5.41) is 15.2. The van der Waals surface area contributed by atoms with Gasteiger partial charge in [-0.05, 0) is 41.1 Å². The molecular weight excluding hydrogens is 360 g/mol. The molecule has 3 rings (SSSR count). The van der Waals surface area contributed by atoms with E-state index < -0.39 is 0 Å². The first-order valence-electron chi connectivity index (χ1n) is 8.73. The normalized spacial score (nSPS) is 10.6. The summed E-state index contributed by atoms with van der Waals surface area (Å²) in [5.74, 6) is 0.256. The van der Waals surface area contributed by atoms with E-state index >= 15 is 0 Å². The van der Waals surface area contributed by atoms with Crippen LogP contribution in [0.3, 0.4) is 0 Å². The first kappa shape index (κ1) is 18.9. The number of hydrogen-bond acceptors (Lipinski definition) is 6. The van der Waals surface area contributed by atoms with Gasteiger partial charge in [0.1, 0.15) is 0 Å². The molecule has 0 bridgehead atoms. The van der Waals surface area contributed by atoms with Gasteiger partial charge >= 0.3 is 0 Å². The summed E-state index contributed by atoms with van der Waals surface area (Å²) in [5.41, 5.74) is 2.04. The number of benzene rings is 2. The Balaban J connectivity index is 1.39. The smallest absolute Gasteiger partial charge is 0.230 e. The Labute approximate surface area is 162 Å².